The maximum atomic E-state index is 10.2. The van der Waals surface area contributed by atoms with Crippen LogP contribution in [-0.2, 0) is 14.4 Å². The molecular weight excluding hydrogens is 849 g/mol. The number of hydrogen-bond acceptors (Lipinski definition) is 6. The summed E-state index contributed by atoms with van der Waals surface area (Å²) in [5.74, 6) is -2.71. The third-order valence-corrected chi connectivity index (χ3v) is 11.2. The van der Waals surface area contributed by atoms with Gasteiger partial charge in [-0.1, -0.05) is 271 Å². The molecule has 0 aliphatic carbocycles. The topological polar surface area (TPSA) is 120 Å². The van der Waals surface area contributed by atoms with Gasteiger partial charge in [0.25, 0.3) is 0 Å². The number of hydrogen-bond donors (Lipinski definition) is 0. The zero-order valence-corrected chi connectivity index (χ0v) is 43.1. The molecule has 0 radical (unpaired) electrons. The van der Waals surface area contributed by atoms with E-state index in [-0.39, 0.29) is 60.6 Å². The van der Waals surface area contributed by atoms with E-state index in [2.05, 4.69) is 20.8 Å². The number of carboxylic acid groups (broad SMARTS) is 3. The number of unbranched alkanes of at least 4 members (excludes halogenated alkanes) is 39. The smallest absolute Gasteiger partial charge is 0.550 e. The summed E-state index contributed by atoms with van der Waals surface area (Å²) in [6.45, 7) is 6.79. The second kappa shape index (κ2) is 61.1. The Kier molecular flexibility index (Phi) is 67.8. The number of aliphatic carboxylic acids is 3. The Bertz CT molecular complexity index is 676. The fourth-order valence-electron chi connectivity index (χ4n) is 7.39. The minimum atomic E-state index is -0.904. The Morgan fingerprint density at radius 1 is 0.224 bits per heavy atom. The molecule has 342 valence electrons. The van der Waals surface area contributed by atoms with Gasteiger partial charge in [-0.2, -0.15) is 0 Å². The van der Waals surface area contributed by atoms with E-state index < -0.39 is 17.9 Å². The molecule has 0 spiro atoms. The zero-order chi connectivity index (χ0) is 42.6. The molecule has 0 saturated carbocycles. The average molecular weight is 949 g/mol. The summed E-state index contributed by atoms with van der Waals surface area (Å²) in [6, 6.07) is 0. The second-order valence-electron chi connectivity index (χ2n) is 17.2. The van der Waals surface area contributed by atoms with E-state index in [0.29, 0.717) is 0 Å². The van der Waals surface area contributed by atoms with Crippen LogP contribution >= 0.6 is 0 Å². The maximum absolute atomic E-state index is 10.2. The van der Waals surface area contributed by atoms with Crippen molar-refractivity contribution in [2.24, 2.45) is 0 Å². The molecule has 0 aromatic rings. The van der Waals surface area contributed by atoms with Crippen LogP contribution in [0.3, 0.4) is 0 Å². The Labute approximate surface area is 395 Å². The van der Waals surface area contributed by atoms with Crippen molar-refractivity contribution >= 4 is 17.9 Å². The monoisotopic (exact) mass is 949 g/mol. The second-order valence-corrected chi connectivity index (χ2v) is 17.2. The van der Waals surface area contributed by atoms with Crippen LogP contribution in [0, 0.1) is 41.3 Å². The van der Waals surface area contributed by atoms with Gasteiger partial charge in [0.05, 0.1) is 0 Å². The van der Waals surface area contributed by atoms with Gasteiger partial charge in [0.15, 0.2) is 0 Å². The Balaban J connectivity index is -0.000000374. The summed E-state index contributed by atoms with van der Waals surface area (Å²) in [7, 11) is 0. The van der Waals surface area contributed by atoms with Crippen molar-refractivity contribution in [1.82, 2.24) is 0 Å². The molecule has 0 aromatic heterocycles. The van der Waals surface area contributed by atoms with Crippen molar-refractivity contribution in [3.8, 4) is 0 Å². The molecule has 0 heterocycles. The van der Waals surface area contributed by atoms with Crippen LogP contribution in [0.25, 0.3) is 0 Å². The third-order valence-electron chi connectivity index (χ3n) is 11.2. The van der Waals surface area contributed by atoms with Crippen LogP contribution in [0.4, 0.5) is 0 Å². The van der Waals surface area contributed by atoms with Gasteiger partial charge in [0, 0.05) is 17.9 Å². The molecular formula is C51H99O6Pr. The van der Waals surface area contributed by atoms with Crippen molar-refractivity contribution in [1.29, 1.82) is 0 Å². The Morgan fingerprint density at radius 2 is 0.328 bits per heavy atom. The third kappa shape index (κ3) is 73.3. The van der Waals surface area contributed by atoms with Crippen LogP contribution in [0.1, 0.15) is 310 Å². The molecule has 0 N–H and O–H groups in total. The fraction of sp³-hybridized carbons (Fsp3) is 0.941. The van der Waals surface area contributed by atoms with E-state index in [1.807, 2.05) is 0 Å². The summed E-state index contributed by atoms with van der Waals surface area (Å²) in [5, 5.41) is 30.6. The fourth-order valence-corrected chi connectivity index (χ4v) is 7.39. The van der Waals surface area contributed by atoms with Gasteiger partial charge in [-0.15, -0.1) is 0 Å². The SMILES string of the molecule is CCCCCCCCCCCCCCCCC(=O)[O-].CCCCCCCCCCCCCCCCC(=O)[O-].CCCCCCCCCCCCCCCCC(=O)[O-].[Pr+3]. The molecule has 6 nitrogen and oxygen atoms in total. The van der Waals surface area contributed by atoms with Gasteiger partial charge in [-0.05, 0) is 38.5 Å². The minimum Gasteiger partial charge on any atom is -0.550 e. The molecule has 0 atom stereocenters. The summed E-state index contributed by atoms with van der Waals surface area (Å²) >= 11 is 0. The summed E-state index contributed by atoms with van der Waals surface area (Å²) in [4.78, 5) is 30.6. The maximum Gasteiger partial charge on any atom is 3.00 e. The molecule has 0 aliphatic heterocycles. The summed E-state index contributed by atoms with van der Waals surface area (Å²) in [5.41, 5.74) is 0. The first-order valence-corrected chi connectivity index (χ1v) is 25.4. The molecule has 58 heavy (non-hydrogen) atoms. The predicted molar refractivity (Wildman–Crippen MR) is 240 cm³/mol. The van der Waals surface area contributed by atoms with E-state index in [9.17, 15) is 29.7 Å². The van der Waals surface area contributed by atoms with E-state index in [0.717, 1.165) is 38.5 Å². The van der Waals surface area contributed by atoms with Crippen molar-refractivity contribution in [3.63, 3.8) is 0 Å². The van der Waals surface area contributed by atoms with Gasteiger partial charge in [0.2, 0.25) is 0 Å². The number of carbonyl (C=O) groups is 3. The Hall–Kier alpha value is -0.226. The Morgan fingerprint density at radius 3 is 0.431 bits per heavy atom. The standard InChI is InChI=1S/3C17H34O2.Pr/c3*1-2-3-4-5-6-7-8-9-10-11-12-13-14-15-16-17(18)19;/h3*2-16H2,1H3,(H,18,19);/q;;;+3/p-3. The number of rotatable bonds is 45. The summed E-state index contributed by atoms with van der Waals surface area (Å²) < 4.78 is 0. The van der Waals surface area contributed by atoms with Crippen molar-refractivity contribution in [2.45, 2.75) is 310 Å². The molecule has 0 unspecified atom stereocenters. The minimum absolute atomic E-state index is 0. The van der Waals surface area contributed by atoms with Gasteiger partial charge in [-0.25, -0.2) is 0 Å². The molecule has 0 saturated heterocycles. The molecule has 0 aromatic carbocycles. The van der Waals surface area contributed by atoms with Gasteiger partial charge in [0.1, 0.15) is 0 Å². The van der Waals surface area contributed by atoms with Crippen LogP contribution < -0.4 is 15.3 Å². The van der Waals surface area contributed by atoms with Crippen LogP contribution in [0.5, 0.6) is 0 Å². The van der Waals surface area contributed by atoms with Crippen LogP contribution in [0.2, 0.25) is 0 Å². The molecule has 7 heteroatoms. The molecule has 0 amide bonds. The number of carboxylic acids is 3. The normalized spacial score (nSPS) is 10.6. The van der Waals surface area contributed by atoms with E-state index in [1.165, 1.54) is 231 Å². The van der Waals surface area contributed by atoms with Crippen molar-refractivity contribution in [2.75, 3.05) is 0 Å². The number of carbonyl (C=O) groups excluding carboxylic acids is 3. The molecule has 0 bridgehead atoms. The van der Waals surface area contributed by atoms with Crippen LogP contribution in [-0.4, -0.2) is 17.9 Å². The predicted octanol–water partition coefficient (Wildman–Crippen LogP) is 13.8. The first-order chi connectivity index (χ1) is 27.8. The van der Waals surface area contributed by atoms with E-state index in [4.69, 9.17) is 0 Å². The first kappa shape index (κ1) is 64.4. The largest absolute Gasteiger partial charge is 3.00 e. The van der Waals surface area contributed by atoms with E-state index >= 15 is 0 Å². The summed E-state index contributed by atoms with van der Waals surface area (Å²) in [6.07, 6.45) is 55.2. The average Bonchev–Trinajstić information content (AvgIpc) is 3.18. The van der Waals surface area contributed by atoms with Crippen molar-refractivity contribution < 1.29 is 71.0 Å². The van der Waals surface area contributed by atoms with Gasteiger partial charge >= 0.3 is 41.3 Å². The van der Waals surface area contributed by atoms with E-state index in [1.54, 1.807) is 0 Å². The van der Waals surface area contributed by atoms with Gasteiger partial charge in [-0.3, -0.25) is 0 Å². The van der Waals surface area contributed by atoms with Gasteiger partial charge < -0.3 is 29.7 Å². The van der Waals surface area contributed by atoms with Crippen molar-refractivity contribution in [3.05, 3.63) is 0 Å². The first-order valence-electron chi connectivity index (χ1n) is 25.4. The van der Waals surface area contributed by atoms with Crippen LogP contribution in [0.15, 0.2) is 0 Å². The molecule has 0 aliphatic rings. The zero-order valence-electron chi connectivity index (χ0n) is 39.3. The quantitative estimate of drug-likeness (QED) is 0.0561. The molecule has 0 fully saturated rings. The molecule has 0 rings (SSSR count).